The first-order valence-electron chi connectivity index (χ1n) is 8.78. The van der Waals surface area contributed by atoms with E-state index in [2.05, 4.69) is 15.9 Å². The van der Waals surface area contributed by atoms with Gasteiger partial charge < -0.3 is 9.64 Å². The smallest absolute Gasteiger partial charge is 0.330 e. The summed E-state index contributed by atoms with van der Waals surface area (Å²) in [5, 5.41) is 0.488. The second-order valence-corrected chi connectivity index (χ2v) is 9.15. The number of halogens is 4. The minimum absolute atomic E-state index is 0.282. The molecule has 4 rings (SSSR count). The molecule has 0 N–H and O–H groups in total. The van der Waals surface area contributed by atoms with Gasteiger partial charge in [0.2, 0.25) is 0 Å². The summed E-state index contributed by atoms with van der Waals surface area (Å²) in [5.41, 5.74) is 1.10. The third-order valence-corrected chi connectivity index (χ3v) is 6.98. The van der Waals surface area contributed by atoms with Gasteiger partial charge in [0.15, 0.2) is 6.10 Å². The van der Waals surface area contributed by atoms with Crippen molar-refractivity contribution in [2.45, 2.75) is 24.5 Å². The van der Waals surface area contributed by atoms with E-state index in [1.54, 1.807) is 42.5 Å². The number of hydrogen-bond donors (Lipinski definition) is 0. The lowest BCUT2D eigenvalue weighted by Gasteiger charge is -2.26. The number of alkyl halides is 2. The van der Waals surface area contributed by atoms with Gasteiger partial charge in [0.25, 0.3) is 11.8 Å². The number of benzene rings is 2. The molecule has 1 aliphatic carbocycles. The quantitative estimate of drug-likeness (QED) is 0.548. The van der Waals surface area contributed by atoms with E-state index in [-0.39, 0.29) is 11.8 Å². The zero-order chi connectivity index (χ0) is 20.8. The van der Waals surface area contributed by atoms with E-state index in [9.17, 15) is 18.4 Å². The molecule has 0 spiro atoms. The average molecular weight is 503 g/mol. The summed E-state index contributed by atoms with van der Waals surface area (Å²) in [6.07, 6.45) is -2.17. The van der Waals surface area contributed by atoms with Crippen molar-refractivity contribution in [3.63, 3.8) is 0 Å². The van der Waals surface area contributed by atoms with E-state index in [4.69, 9.17) is 16.3 Å². The van der Waals surface area contributed by atoms with Gasteiger partial charge in [0, 0.05) is 32.8 Å². The number of thioether (sulfide) groups is 1. The van der Waals surface area contributed by atoms with Crippen LogP contribution in [0, 0.1) is 0 Å². The largest absolute Gasteiger partial charge is 0.449 e. The molecule has 2 aromatic rings. The molecule has 1 heterocycles. The maximum Gasteiger partial charge on any atom is 0.330 e. The van der Waals surface area contributed by atoms with Gasteiger partial charge in [-0.1, -0.05) is 39.7 Å². The highest BCUT2D eigenvalue weighted by molar-refractivity contribution is 9.10. The van der Waals surface area contributed by atoms with Crippen LogP contribution in [0.5, 0.6) is 0 Å². The van der Waals surface area contributed by atoms with Crippen LogP contribution < -0.4 is 0 Å². The van der Waals surface area contributed by atoms with Crippen LogP contribution in [0.2, 0.25) is 5.02 Å². The number of amides is 1. The molecule has 2 aromatic carbocycles. The highest BCUT2D eigenvalue weighted by Gasteiger charge is 2.52. The highest BCUT2D eigenvalue weighted by atomic mass is 79.9. The number of carbonyl (C=O) groups is 2. The Bertz CT molecular complexity index is 973. The molecule has 9 heteroatoms. The first-order valence-corrected chi connectivity index (χ1v) is 11.1. The Morgan fingerprint density at radius 2 is 1.93 bits per heavy atom. The molecule has 1 amide bonds. The molecule has 0 saturated carbocycles. The van der Waals surface area contributed by atoms with Crippen molar-refractivity contribution >= 4 is 51.2 Å². The maximum atomic E-state index is 14.6. The van der Waals surface area contributed by atoms with E-state index in [1.165, 1.54) is 16.7 Å². The highest BCUT2D eigenvalue weighted by Crippen LogP contribution is 2.48. The van der Waals surface area contributed by atoms with Crippen LogP contribution in [-0.2, 0) is 16.0 Å². The van der Waals surface area contributed by atoms with Gasteiger partial charge in [-0.15, -0.1) is 11.8 Å². The molecule has 2 unspecified atom stereocenters. The fourth-order valence-electron chi connectivity index (χ4n) is 3.50. The molecular weight excluding hydrogens is 488 g/mol. The summed E-state index contributed by atoms with van der Waals surface area (Å²) in [6, 6.07) is 10.2. The van der Waals surface area contributed by atoms with E-state index in [1.807, 2.05) is 0 Å². The molecule has 4 nitrogen and oxygen atoms in total. The normalized spacial score (nSPS) is 22.4. The number of ether oxygens (including phenoxy) is 1. The lowest BCUT2D eigenvalue weighted by atomic mass is 10.1. The van der Waals surface area contributed by atoms with Crippen molar-refractivity contribution in [3.8, 4) is 0 Å². The van der Waals surface area contributed by atoms with Crippen molar-refractivity contribution in [2.75, 3.05) is 11.6 Å². The van der Waals surface area contributed by atoms with Gasteiger partial charge in [-0.2, -0.15) is 0 Å². The number of esters is 1. The summed E-state index contributed by atoms with van der Waals surface area (Å²) in [7, 11) is 0. The van der Waals surface area contributed by atoms with E-state index in [0.29, 0.717) is 31.9 Å². The van der Waals surface area contributed by atoms with Gasteiger partial charge in [-0.25, -0.2) is 13.6 Å². The Kier molecular flexibility index (Phi) is 5.61. The summed E-state index contributed by atoms with van der Waals surface area (Å²) >= 11 is 10.5. The summed E-state index contributed by atoms with van der Waals surface area (Å²) < 4.78 is 35.0. The lowest BCUT2D eigenvalue weighted by Crippen LogP contribution is -2.44. The summed E-state index contributed by atoms with van der Waals surface area (Å²) in [5.74, 6) is -3.82. The number of carbonyl (C=O) groups excluding carboxylic acids is 2. The standard InChI is InChI=1S/C20H15BrClF2NO3S/c21-15-3-1-2-13-14(15)8-20(23,24)17(13)28-19(27)16-9-29-10-25(16)18(26)11-4-6-12(22)7-5-11/h1-7,16-17H,8-10H2. The summed E-state index contributed by atoms with van der Waals surface area (Å²) in [4.78, 5) is 26.9. The van der Waals surface area contributed by atoms with Crippen LogP contribution in [0.25, 0.3) is 0 Å². The third kappa shape index (κ3) is 3.90. The fourth-order valence-corrected chi connectivity index (χ4v) is 5.29. The molecule has 2 aliphatic rings. The van der Waals surface area contributed by atoms with Crippen molar-refractivity contribution in [1.29, 1.82) is 0 Å². The van der Waals surface area contributed by atoms with E-state index >= 15 is 0 Å². The molecular formula is C20H15BrClF2NO3S. The minimum Gasteiger partial charge on any atom is -0.449 e. The number of nitrogens with zero attached hydrogens (tertiary/aromatic N) is 1. The zero-order valence-corrected chi connectivity index (χ0v) is 18.1. The Labute approximate surface area is 183 Å². The Hall–Kier alpha value is -1.64. The second-order valence-electron chi connectivity index (χ2n) is 6.86. The van der Waals surface area contributed by atoms with Gasteiger partial charge in [-0.05, 0) is 35.9 Å². The topological polar surface area (TPSA) is 46.6 Å². The van der Waals surface area contributed by atoms with Crippen LogP contribution >= 0.6 is 39.3 Å². The van der Waals surface area contributed by atoms with Gasteiger partial charge in [-0.3, -0.25) is 4.79 Å². The van der Waals surface area contributed by atoms with E-state index < -0.39 is 30.5 Å². The average Bonchev–Trinajstić information content (AvgIpc) is 3.26. The molecule has 1 saturated heterocycles. The van der Waals surface area contributed by atoms with Crippen LogP contribution in [0.4, 0.5) is 8.78 Å². The van der Waals surface area contributed by atoms with Gasteiger partial charge in [0.05, 0.1) is 5.88 Å². The Morgan fingerprint density at radius 1 is 1.21 bits per heavy atom. The predicted octanol–water partition coefficient (Wildman–Crippen LogP) is 5.09. The molecule has 29 heavy (non-hydrogen) atoms. The van der Waals surface area contributed by atoms with Crippen LogP contribution in [-0.4, -0.2) is 40.4 Å². The van der Waals surface area contributed by atoms with Gasteiger partial charge >= 0.3 is 5.97 Å². The fraction of sp³-hybridized carbons (Fsp3) is 0.300. The lowest BCUT2D eigenvalue weighted by molar-refractivity contribution is -0.175. The molecule has 2 atom stereocenters. The molecule has 1 aliphatic heterocycles. The summed E-state index contributed by atoms with van der Waals surface area (Å²) in [6.45, 7) is 0. The van der Waals surface area contributed by atoms with Gasteiger partial charge in [0.1, 0.15) is 6.04 Å². The molecule has 0 radical (unpaired) electrons. The van der Waals surface area contributed by atoms with Crippen LogP contribution in [0.15, 0.2) is 46.9 Å². The van der Waals surface area contributed by atoms with E-state index in [0.717, 1.165) is 0 Å². The Balaban J connectivity index is 1.54. The number of fused-ring (bicyclic) bond motifs is 1. The van der Waals surface area contributed by atoms with Crippen LogP contribution in [0.3, 0.4) is 0 Å². The van der Waals surface area contributed by atoms with Crippen molar-refractivity contribution < 1.29 is 23.1 Å². The predicted molar refractivity (Wildman–Crippen MR) is 110 cm³/mol. The van der Waals surface area contributed by atoms with Crippen molar-refractivity contribution in [1.82, 2.24) is 4.90 Å². The second kappa shape index (κ2) is 7.89. The SMILES string of the molecule is O=C(OC1c2cccc(Br)c2CC1(F)F)C1CSCN1C(=O)c1ccc(Cl)cc1. The van der Waals surface area contributed by atoms with Crippen molar-refractivity contribution in [3.05, 3.63) is 68.7 Å². The molecule has 0 bridgehead atoms. The maximum absolute atomic E-state index is 14.6. The molecule has 1 fully saturated rings. The minimum atomic E-state index is -3.21. The first kappa shape index (κ1) is 20.6. The zero-order valence-electron chi connectivity index (χ0n) is 14.9. The molecule has 0 aromatic heterocycles. The monoisotopic (exact) mass is 501 g/mol. The third-order valence-electron chi connectivity index (χ3n) is 4.97. The van der Waals surface area contributed by atoms with Crippen LogP contribution in [0.1, 0.15) is 27.6 Å². The molecule has 152 valence electrons. The van der Waals surface area contributed by atoms with Crippen molar-refractivity contribution in [2.24, 2.45) is 0 Å². The number of hydrogen-bond acceptors (Lipinski definition) is 4. The first-order chi connectivity index (χ1) is 13.8. The Morgan fingerprint density at radius 3 is 2.66 bits per heavy atom. The number of rotatable bonds is 3.